The molecule has 2 aromatic rings. The summed E-state index contributed by atoms with van der Waals surface area (Å²) >= 11 is 1.40. The summed E-state index contributed by atoms with van der Waals surface area (Å²) in [5.41, 5.74) is 6.54. The summed E-state index contributed by atoms with van der Waals surface area (Å²) < 4.78 is 5.46. The van der Waals surface area contributed by atoms with E-state index in [1.807, 2.05) is 30.3 Å². The Bertz CT molecular complexity index is 431. The molecule has 0 unspecified atom stereocenters. The fourth-order valence-corrected chi connectivity index (χ4v) is 1.70. The van der Waals surface area contributed by atoms with Crippen molar-refractivity contribution >= 4 is 17.7 Å². The predicted molar refractivity (Wildman–Crippen MR) is 62.8 cm³/mol. The van der Waals surface area contributed by atoms with Crippen molar-refractivity contribution in [1.82, 2.24) is 15.2 Å². The first kappa shape index (κ1) is 11.0. The van der Waals surface area contributed by atoms with Crippen LogP contribution in [0.25, 0.3) is 0 Å². The van der Waals surface area contributed by atoms with E-state index < -0.39 is 0 Å². The molecule has 84 valence electrons. The molecule has 0 radical (unpaired) electrons. The van der Waals surface area contributed by atoms with Gasteiger partial charge in [-0.15, -0.1) is 5.10 Å². The minimum absolute atomic E-state index is 0.325. The lowest BCUT2D eigenvalue weighted by atomic mass is 10.2. The lowest BCUT2D eigenvalue weighted by Crippen LogP contribution is -1.92. The van der Waals surface area contributed by atoms with Gasteiger partial charge in [-0.05, 0) is 5.56 Å². The van der Waals surface area contributed by atoms with Gasteiger partial charge < -0.3 is 10.5 Å². The highest BCUT2D eigenvalue weighted by Crippen LogP contribution is 2.13. The van der Waals surface area contributed by atoms with Gasteiger partial charge in [-0.1, -0.05) is 42.1 Å². The van der Waals surface area contributed by atoms with Crippen LogP contribution in [-0.2, 0) is 11.3 Å². The summed E-state index contributed by atoms with van der Waals surface area (Å²) in [5.74, 6) is 0.831. The SMILES string of the molecule is Nc1nc(SCOCc2ccccc2)n[nH]1. The van der Waals surface area contributed by atoms with Crippen LogP contribution in [0.3, 0.4) is 0 Å². The van der Waals surface area contributed by atoms with E-state index in [1.54, 1.807) is 0 Å². The second-order valence-corrected chi connectivity index (χ2v) is 3.99. The van der Waals surface area contributed by atoms with Crippen LogP contribution in [-0.4, -0.2) is 21.1 Å². The van der Waals surface area contributed by atoms with Gasteiger partial charge in [-0.2, -0.15) is 4.98 Å². The van der Waals surface area contributed by atoms with Gasteiger partial charge in [-0.3, -0.25) is 0 Å². The van der Waals surface area contributed by atoms with E-state index in [4.69, 9.17) is 10.5 Å². The third-order valence-electron chi connectivity index (χ3n) is 1.87. The van der Waals surface area contributed by atoms with Gasteiger partial charge >= 0.3 is 0 Å². The largest absolute Gasteiger partial charge is 0.368 e. The molecule has 0 aliphatic carbocycles. The number of ether oxygens (including phenoxy) is 1. The van der Waals surface area contributed by atoms with Crippen molar-refractivity contribution in [2.45, 2.75) is 11.8 Å². The lowest BCUT2D eigenvalue weighted by molar-refractivity contribution is 0.169. The minimum Gasteiger partial charge on any atom is -0.368 e. The topological polar surface area (TPSA) is 76.8 Å². The summed E-state index contributed by atoms with van der Waals surface area (Å²) in [7, 11) is 0. The summed E-state index contributed by atoms with van der Waals surface area (Å²) in [6.07, 6.45) is 0. The Morgan fingerprint density at radius 2 is 2.12 bits per heavy atom. The number of nitrogens with one attached hydrogen (secondary N) is 1. The monoisotopic (exact) mass is 236 g/mol. The highest BCUT2D eigenvalue weighted by molar-refractivity contribution is 7.99. The van der Waals surface area contributed by atoms with E-state index in [-0.39, 0.29) is 0 Å². The number of nitrogens with two attached hydrogens (primary N) is 1. The molecule has 0 spiro atoms. The second-order valence-electron chi connectivity index (χ2n) is 3.10. The number of aromatic nitrogens is 3. The van der Waals surface area contributed by atoms with Crippen molar-refractivity contribution < 1.29 is 4.74 Å². The maximum Gasteiger partial charge on any atom is 0.216 e. The first-order chi connectivity index (χ1) is 7.84. The molecule has 1 aromatic carbocycles. The molecule has 0 aliphatic rings. The Kier molecular flexibility index (Phi) is 3.79. The number of nitrogen functional groups attached to an aromatic ring is 1. The van der Waals surface area contributed by atoms with Crippen molar-refractivity contribution in [3.63, 3.8) is 0 Å². The van der Waals surface area contributed by atoms with Gasteiger partial charge in [0.2, 0.25) is 11.1 Å². The van der Waals surface area contributed by atoms with E-state index in [0.29, 0.717) is 23.7 Å². The molecule has 0 atom stereocenters. The van der Waals surface area contributed by atoms with Gasteiger partial charge in [0.1, 0.15) is 5.94 Å². The fourth-order valence-electron chi connectivity index (χ4n) is 1.15. The smallest absolute Gasteiger partial charge is 0.216 e. The van der Waals surface area contributed by atoms with Crippen LogP contribution < -0.4 is 5.73 Å². The molecule has 0 amide bonds. The van der Waals surface area contributed by atoms with Crippen molar-refractivity contribution in [2.75, 3.05) is 11.7 Å². The first-order valence-corrected chi connectivity index (χ1v) is 5.75. The summed E-state index contributed by atoms with van der Waals surface area (Å²) in [6.45, 7) is 0.591. The summed E-state index contributed by atoms with van der Waals surface area (Å²) in [6, 6.07) is 10.0. The highest BCUT2D eigenvalue weighted by Gasteiger charge is 2.00. The van der Waals surface area contributed by atoms with Crippen LogP contribution in [0.2, 0.25) is 0 Å². The Morgan fingerprint density at radius 3 is 2.81 bits per heavy atom. The molecule has 0 saturated heterocycles. The zero-order valence-corrected chi connectivity index (χ0v) is 9.41. The lowest BCUT2D eigenvalue weighted by Gasteiger charge is -2.01. The van der Waals surface area contributed by atoms with Crippen molar-refractivity contribution in [1.29, 1.82) is 0 Å². The number of nitrogens with zero attached hydrogens (tertiary/aromatic N) is 2. The van der Waals surface area contributed by atoms with Gasteiger partial charge in [-0.25, -0.2) is 5.10 Å². The summed E-state index contributed by atoms with van der Waals surface area (Å²) in [4.78, 5) is 3.95. The fraction of sp³-hybridized carbons (Fsp3) is 0.200. The number of anilines is 1. The maximum absolute atomic E-state index is 5.46. The number of benzene rings is 1. The molecule has 6 heteroatoms. The Labute approximate surface area is 97.4 Å². The van der Waals surface area contributed by atoms with Gasteiger partial charge in [0.25, 0.3) is 0 Å². The van der Waals surface area contributed by atoms with Gasteiger partial charge in [0.15, 0.2) is 0 Å². The maximum atomic E-state index is 5.46. The Balaban J connectivity index is 1.69. The number of hydrogen-bond donors (Lipinski definition) is 2. The Morgan fingerprint density at radius 1 is 1.31 bits per heavy atom. The van der Waals surface area contributed by atoms with E-state index in [0.717, 1.165) is 5.56 Å². The Hall–Kier alpha value is -1.53. The zero-order valence-electron chi connectivity index (χ0n) is 8.59. The average Bonchev–Trinajstić information content (AvgIpc) is 2.72. The van der Waals surface area contributed by atoms with Crippen LogP contribution in [0, 0.1) is 0 Å². The normalized spacial score (nSPS) is 10.5. The van der Waals surface area contributed by atoms with Crippen LogP contribution in [0.15, 0.2) is 35.5 Å². The van der Waals surface area contributed by atoms with Gasteiger partial charge in [0.05, 0.1) is 6.61 Å². The van der Waals surface area contributed by atoms with Gasteiger partial charge in [0, 0.05) is 0 Å². The molecule has 3 N–H and O–H groups in total. The van der Waals surface area contributed by atoms with Crippen LogP contribution in [0.1, 0.15) is 5.56 Å². The number of hydrogen-bond acceptors (Lipinski definition) is 5. The molecule has 1 heterocycles. The molecule has 0 fully saturated rings. The van der Waals surface area contributed by atoms with Crippen LogP contribution >= 0.6 is 11.8 Å². The molecule has 5 nitrogen and oxygen atoms in total. The zero-order chi connectivity index (χ0) is 11.2. The van der Waals surface area contributed by atoms with Crippen LogP contribution in [0.4, 0.5) is 5.95 Å². The molecule has 0 aliphatic heterocycles. The van der Waals surface area contributed by atoms with Crippen LogP contribution in [0.5, 0.6) is 0 Å². The molecule has 1 aromatic heterocycles. The number of aromatic amines is 1. The number of thioether (sulfide) groups is 1. The van der Waals surface area contributed by atoms with E-state index in [2.05, 4.69) is 15.2 Å². The van der Waals surface area contributed by atoms with E-state index in [9.17, 15) is 0 Å². The highest BCUT2D eigenvalue weighted by atomic mass is 32.2. The van der Waals surface area contributed by atoms with Crippen molar-refractivity contribution in [3.05, 3.63) is 35.9 Å². The van der Waals surface area contributed by atoms with Crippen molar-refractivity contribution in [2.24, 2.45) is 0 Å². The predicted octanol–water partition coefficient (Wildman–Crippen LogP) is 1.65. The third kappa shape index (κ3) is 3.25. The minimum atomic E-state index is 0.325. The molecule has 16 heavy (non-hydrogen) atoms. The standard InChI is InChI=1S/C10H12N4OS/c11-9-12-10(14-13-9)16-7-15-6-8-4-2-1-3-5-8/h1-5H,6-7H2,(H3,11,12,13,14). The third-order valence-corrected chi connectivity index (χ3v) is 2.59. The first-order valence-electron chi connectivity index (χ1n) is 4.77. The quantitative estimate of drug-likeness (QED) is 0.469. The average molecular weight is 236 g/mol. The molecular weight excluding hydrogens is 224 g/mol. The molecule has 2 rings (SSSR count). The van der Waals surface area contributed by atoms with Crippen molar-refractivity contribution in [3.8, 4) is 0 Å². The number of rotatable bonds is 5. The molecule has 0 saturated carbocycles. The number of H-pyrrole nitrogens is 1. The molecular formula is C10H12N4OS. The van der Waals surface area contributed by atoms with E-state index >= 15 is 0 Å². The second kappa shape index (κ2) is 5.53. The molecule has 0 bridgehead atoms. The van der Waals surface area contributed by atoms with E-state index in [1.165, 1.54) is 11.8 Å². The summed E-state index contributed by atoms with van der Waals surface area (Å²) in [5, 5.41) is 7.05.